The van der Waals surface area contributed by atoms with Gasteiger partial charge < -0.3 is 0 Å². The molecule has 0 spiro atoms. The number of benzene rings is 2. The Balaban J connectivity index is 1.40. The van der Waals surface area contributed by atoms with Gasteiger partial charge in [0.05, 0.1) is 5.71 Å². The summed E-state index contributed by atoms with van der Waals surface area (Å²) >= 11 is 0. The largest absolute Gasteiger partial charge is 0.261 e. The van der Waals surface area contributed by atoms with Crippen LogP contribution in [0.1, 0.15) is 30.4 Å². The van der Waals surface area contributed by atoms with Crippen molar-refractivity contribution >= 4 is 21.6 Å². The molecule has 0 amide bonds. The Bertz CT molecular complexity index is 1170. The van der Waals surface area contributed by atoms with Crippen LogP contribution >= 0.6 is 0 Å². The van der Waals surface area contributed by atoms with E-state index in [0.717, 1.165) is 47.2 Å². The van der Waals surface area contributed by atoms with Gasteiger partial charge in [-0.15, -0.1) is 0 Å². The second-order valence-electron chi connectivity index (χ2n) is 7.51. The maximum Gasteiger partial charge on any atom is 0.244 e. The predicted octanol–water partition coefficient (Wildman–Crippen LogP) is 4.10. The first-order valence-electron chi connectivity index (χ1n) is 10.1. The van der Waals surface area contributed by atoms with Crippen molar-refractivity contribution in [1.82, 2.24) is 9.29 Å². The van der Waals surface area contributed by atoms with Crippen LogP contribution in [0.15, 0.2) is 76.9 Å². The third kappa shape index (κ3) is 3.30. The first kappa shape index (κ1) is 19.0. The minimum Gasteiger partial charge on any atom is -0.261 e. The Morgan fingerprint density at radius 1 is 0.800 bits per heavy atom. The van der Waals surface area contributed by atoms with Gasteiger partial charge in [0, 0.05) is 30.4 Å². The van der Waals surface area contributed by atoms with E-state index in [2.05, 4.69) is 39.8 Å². The molecule has 152 valence electrons. The number of nitrogens with zero attached hydrogens (tertiary/aromatic N) is 3. The number of aromatic nitrogens is 1. The smallest absolute Gasteiger partial charge is 0.244 e. The number of fused-ring (bicyclic) bond motifs is 3. The first-order valence-corrected chi connectivity index (χ1v) is 11.6. The summed E-state index contributed by atoms with van der Waals surface area (Å²) in [5.74, 6) is 0.502. The third-order valence-electron chi connectivity index (χ3n) is 5.63. The number of pyridine rings is 1. The van der Waals surface area contributed by atoms with Gasteiger partial charge in [0.15, 0.2) is 0 Å². The topological polar surface area (TPSA) is 74.7 Å². The first-order chi connectivity index (χ1) is 14.6. The van der Waals surface area contributed by atoms with Crippen LogP contribution in [-0.4, -0.2) is 36.5 Å². The van der Waals surface area contributed by atoms with Gasteiger partial charge in [0.1, 0.15) is 10.7 Å². The minimum atomic E-state index is -3.48. The average molecular weight is 419 g/mol. The second kappa shape index (κ2) is 7.66. The van der Waals surface area contributed by atoms with E-state index >= 15 is 0 Å². The van der Waals surface area contributed by atoms with Gasteiger partial charge in [-0.3, -0.25) is 5.43 Å². The second-order valence-corrected chi connectivity index (χ2v) is 9.45. The molecule has 0 radical (unpaired) electrons. The molecule has 3 aromatic rings. The Labute approximate surface area is 176 Å². The number of sulfonamides is 1. The molecule has 2 aromatic carbocycles. The van der Waals surface area contributed by atoms with E-state index in [0.29, 0.717) is 18.9 Å². The molecule has 1 aromatic heterocycles. The Kier molecular flexibility index (Phi) is 4.84. The number of nitrogens with one attached hydrogen (secondary N) is 1. The Hall–Kier alpha value is -3.03. The number of hydrazone groups is 1. The fourth-order valence-corrected chi connectivity index (χ4v) is 5.54. The molecule has 0 unspecified atom stereocenters. The molecule has 1 aliphatic heterocycles. The molecular formula is C23H22N4O2S. The lowest BCUT2D eigenvalue weighted by Crippen LogP contribution is -2.35. The molecule has 30 heavy (non-hydrogen) atoms. The number of hydrogen-bond acceptors (Lipinski definition) is 5. The molecule has 0 atom stereocenters. The van der Waals surface area contributed by atoms with Crippen molar-refractivity contribution in [3.63, 3.8) is 0 Å². The van der Waals surface area contributed by atoms with E-state index in [1.54, 1.807) is 16.4 Å². The average Bonchev–Trinajstić information content (AvgIpc) is 3.12. The molecule has 1 aliphatic carbocycles. The number of rotatable bonds is 4. The monoisotopic (exact) mass is 418 g/mol. The zero-order chi connectivity index (χ0) is 20.6. The highest BCUT2D eigenvalue weighted by atomic mass is 32.2. The molecule has 1 N–H and O–H groups in total. The highest BCUT2D eigenvalue weighted by molar-refractivity contribution is 7.89. The van der Waals surface area contributed by atoms with Gasteiger partial charge in [-0.05, 0) is 36.1 Å². The number of piperidine rings is 1. The summed E-state index contributed by atoms with van der Waals surface area (Å²) in [7, 11) is -3.48. The van der Waals surface area contributed by atoms with Crippen LogP contribution in [0.25, 0.3) is 11.1 Å². The van der Waals surface area contributed by atoms with E-state index in [1.165, 1.54) is 6.20 Å². The minimum absolute atomic E-state index is 0.221. The summed E-state index contributed by atoms with van der Waals surface area (Å²) in [5, 5.41) is 4.60. The molecule has 1 saturated heterocycles. The van der Waals surface area contributed by atoms with Crippen molar-refractivity contribution in [2.24, 2.45) is 5.10 Å². The normalized spacial score (nSPS) is 16.1. The van der Waals surface area contributed by atoms with Crippen LogP contribution in [0.3, 0.4) is 0 Å². The maximum absolute atomic E-state index is 12.8. The third-order valence-corrected chi connectivity index (χ3v) is 7.51. The predicted molar refractivity (Wildman–Crippen MR) is 118 cm³/mol. The van der Waals surface area contributed by atoms with Crippen LogP contribution in [0.2, 0.25) is 0 Å². The molecule has 2 heterocycles. The lowest BCUT2D eigenvalue weighted by Gasteiger charge is -2.25. The van der Waals surface area contributed by atoms with Crippen molar-refractivity contribution < 1.29 is 8.42 Å². The quantitative estimate of drug-likeness (QED) is 0.506. The van der Waals surface area contributed by atoms with Crippen LogP contribution in [-0.2, 0) is 10.0 Å². The van der Waals surface area contributed by atoms with Crippen LogP contribution < -0.4 is 5.43 Å². The van der Waals surface area contributed by atoms with Gasteiger partial charge >= 0.3 is 0 Å². The molecule has 1 fully saturated rings. The van der Waals surface area contributed by atoms with Gasteiger partial charge in [0.25, 0.3) is 0 Å². The van der Waals surface area contributed by atoms with E-state index in [1.807, 2.05) is 24.3 Å². The van der Waals surface area contributed by atoms with Gasteiger partial charge in [-0.25, -0.2) is 13.4 Å². The summed E-state index contributed by atoms with van der Waals surface area (Å²) in [6.45, 7) is 1.16. The molecule has 2 aliphatic rings. The van der Waals surface area contributed by atoms with Crippen molar-refractivity contribution in [1.29, 1.82) is 0 Å². The van der Waals surface area contributed by atoms with E-state index in [-0.39, 0.29) is 4.90 Å². The van der Waals surface area contributed by atoms with Gasteiger partial charge in [-0.2, -0.15) is 9.41 Å². The number of hydrogen-bond donors (Lipinski definition) is 1. The van der Waals surface area contributed by atoms with E-state index in [9.17, 15) is 8.42 Å². The lowest BCUT2D eigenvalue weighted by molar-refractivity contribution is 0.346. The Morgan fingerprint density at radius 3 is 1.97 bits per heavy atom. The van der Waals surface area contributed by atoms with Gasteiger partial charge in [-0.1, -0.05) is 55.0 Å². The molecule has 7 heteroatoms. The summed E-state index contributed by atoms with van der Waals surface area (Å²) in [5.41, 5.74) is 8.29. The van der Waals surface area contributed by atoms with Crippen molar-refractivity contribution in [3.8, 4) is 11.1 Å². The van der Waals surface area contributed by atoms with Crippen LogP contribution in [0.4, 0.5) is 5.82 Å². The van der Waals surface area contributed by atoms with Crippen molar-refractivity contribution in [3.05, 3.63) is 78.0 Å². The van der Waals surface area contributed by atoms with Crippen molar-refractivity contribution in [2.45, 2.75) is 24.2 Å². The van der Waals surface area contributed by atoms with Crippen LogP contribution in [0, 0.1) is 0 Å². The highest BCUT2D eigenvalue weighted by Gasteiger charge is 2.26. The lowest BCUT2D eigenvalue weighted by atomic mass is 10.1. The number of anilines is 1. The molecule has 0 bridgehead atoms. The summed E-state index contributed by atoms with van der Waals surface area (Å²) in [6.07, 6.45) is 4.31. The fraction of sp³-hybridized carbons (Fsp3) is 0.217. The van der Waals surface area contributed by atoms with Crippen LogP contribution in [0.5, 0.6) is 0 Å². The fourth-order valence-electron chi connectivity index (χ4n) is 4.08. The van der Waals surface area contributed by atoms with Gasteiger partial charge in [0.2, 0.25) is 10.0 Å². The van der Waals surface area contributed by atoms with E-state index < -0.39 is 10.0 Å². The Morgan fingerprint density at radius 2 is 1.40 bits per heavy atom. The molecule has 5 rings (SSSR count). The molecule has 0 saturated carbocycles. The molecular weight excluding hydrogens is 396 g/mol. The summed E-state index contributed by atoms with van der Waals surface area (Å²) < 4.78 is 27.1. The zero-order valence-electron chi connectivity index (χ0n) is 16.5. The van der Waals surface area contributed by atoms with E-state index in [4.69, 9.17) is 0 Å². The van der Waals surface area contributed by atoms with Crippen molar-refractivity contribution in [2.75, 3.05) is 18.5 Å². The maximum atomic E-state index is 12.8. The summed E-state index contributed by atoms with van der Waals surface area (Å²) in [6, 6.07) is 19.6. The molecule has 6 nitrogen and oxygen atoms in total. The SMILES string of the molecule is O=S(=O)(c1ccc(NN=C2c3ccccc3-c3ccccc32)nc1)N1CCCCC1. The highest BCUT2D eigenvalue weighted by Crippen LogP contribution is 2.36. The summed E-state index contributed by atoms with van der Waals surface area (Å²) in [4.78, 5) is 4.51. The zero-order valence-corrected chi connectivity index (χ0v) is 17.3. The standard InChI is InChI=1S/C23H22N4O2S/c28-30(29,27-14-6-1-7-15-27)17-12-13-22(24-16-17)25-26-23-20-10-4-2-8-18(20)19-9-3-5-11-21(19)23/h2-5,8-13,16H,1,6-7,14-15H2,(H,24,25).